The van der Waals surface area contributed by atoms with E-state index in [-0.39, 0.29) is 6.42 Å². The lowest BCUT2D eigenvalue weighted by molar-refractivity contribution is -0.136. The van der Waals surface area contributed by atoms with Crippen molar-refractivity contribution in [3.8, 4) is 0 Å². The van der Waals surface area contributed by atoms with Crippen molar-refractivity contribution in [3.63, 3.8) is 0 Å². The van der Waals surface area contributed by atoms with Crippen molar-refractivity contribution >= 4 is 21.7 Å². The van der Waals surface area contributed by atoms with Crippen LogP contribution in [0.15, 0.2) is 24.3 Å². The molecular formula is C16H26N2O4S. The molecule has 0 aromatic heterocycles. The van der Waals surface area contributed by atoms with Crippen molar-refractivity contribution in [3.05, 3.63) is 29.8 Å². The number of unbranched alkanes of at least 4 members (excludes halogenated alkanes) is 2. The standard InChI is InChI=1S/C16H26N2O4S/c1-13(2)23(21,22)18-10-5-3-4-9-17-15-8-6-7-14(11-15)12-16(19)20/h6-8,11,13,17-18H,3-5,9-10,12H2,1-2H3,(H,19,20). The van der Waals surface area contributed by atoms with Crippen molar-refractivity contribution < 1.29 is 18.3 Å². The number of aliphatic carboxylic acids is 1. The number of hydrogen-bond donors (Lipinski definition) is 3. The third-order valence-electron chi connectivity index (χ3n) is 3.39. The second-order valence-corrected chi connectivity index (χ2v) is 8.07. The molecule has 0 aliphatic heterocycles. The molecule has 1 rings (SSSR count). The smallest absolute Gasteiger partial charge is 0.307 e. The molecule has 0 aliphatic carbocycles. The van der Waals surface area contributed by atoms with Crippen LogP contribution in [0.1, 0.15) is 38.7 Å². The number of carbonyl (C=O) groups is 1. The van der Waals surface area contributed by atoms with Gasteiger partial charge >= 0.3 is 5.97 Å². The minimum atomic E-state index is -3.16. The van der Waals surface area contributed by atoms with Gasteiger partial charge in [-0.3, -0.25) is 4.79 Å². The summed E-state index contributed by atoms with van der Waals surface area (Å²) in [6, 6.07) is 7.37. The van der Waals surface area contributed by atoms with Crippen LogP contribution in [0.25, 0.3) is 0 Å². The van der Waals surface area contributed by atoms with Gasteiger partial charge in [0.25, 0.3) is 0 Å². The van der Waals surface area contributed by atoms with Crippen molar-refractivity contribution in [2.24, 2.45) is 0 Å². The Balaban J connectivity index is 2.19. The van der Waals surface area contributed by atoms with Gasteiger partial charge in [-0.05, 0) is 44.4 Å². The normalized spacial score (nSPS) is 11.6. The highest BCUT2D eigenvalue weighted by Gasteiger charge is 2.13. The maximum Gasteiger partial charge on any atom is 0.307 e. The SMILES string of the molecule is CC(C)S(=O)(=O)NCCCCCNc1cccc(CC(=O)O)c1. The largest absolute Gasteiger partial charge is 0.481 e. The van der Waals surface area contributed by atoms with Crippen LogP contribution >= 0.6 is 0 Å². The Kier molecular flexibility index (Phi) is 8.05. The second kappa shape index (κ2) is 9.52. The summed E-state index contributed by atoms with van der Waals surface area (Å²) in [7, 11) is -3.16. The molecule has 0 bridgehead atoms. The Morgan fingerprint density at radius 1 is 1.17 bits per heavy atom. The zero-order valence-corrected chi connectivity index (χ0v) is 14.5. The first-order valence-corrected chi connectivity index (χ1v) is 9.39. The first kappa shape index (κ1) is 19.4. The lowest BCUT2D eigenvalue weighted by Crippen LogP contribution is -2.31. The summed E-state index contributed by atoms with van der Waals surface area (Å²) in [5.41, 5.74) is 1.68. The van der Waals surface area contributed by atoms with Crippen molar-refractivity contribution in [1.82, 2.24) is 4.72 Å². The number of anilines is 1. The zero-order chi connectivity index (χ0) is 17.3. The Morgan fingerprint density at radius 3 is 2.52 bits per heavy atom. The van der Waals surface area contributed by atoms with Gasteiger partial charge in [-0.1, -0.05) is 18.6 Å². The van der Waals surface area contributed by atoms with Crippen LogP contribution in [-0.2, 0) is 21.2 Å². The quantitative estimate of drug-likeness (QED) is 0.536. The molecule has 3 N–H and O–H groups in total. The highest BCUT2D eigenvalue weighted by atomic mass is 32.2. The highest BCUT2D eigenvalue weighted by molar-refractivity contribution is 7.90. The Labute approximate surface area is 138 Å². The molecule has 0 fully saturated rings. The fraction of sp³-hybridized carbons (Fsp3) is 0.562. The molecule has 0 saturated heterocycles. The lowest BCUT2D eigenvalue weighted by Gasteiger charge is -2.10. The van der Waals surface area contributed by atoms with E-state index in [4.69, 9.17) is 5.11 Å². The van der Waals surface area contributed by atoms with Gasteiger partial charge in [-0.2, -0.15) is 0 Å². The zero-order valence-electron chi connectivity index (χ0n) is 13.7. The Bertz CT molecular complexity index is 600. The number of benzene rings is 1. The summed E-state index contributed by atoms with van der Waals surface area (Å²) in [6.45, 7) is 4.55. The molecule has 0 atom stereocenters. The van der Waals surface area contributed by atoms with Gasteiger partial charge in [-0.15, -0.1) is 0 Å². The average Bonchev–Trinajstić information content (AvgIpc) is 2.45. The molecular weight excluding hydrogens is 316 g/mol. The van der Waals surface area contributed by atoms with Crippen LogP contribution in [0.3, 0.4) is 0 Å². The fourth-order valence-corrected chi connectivity index (χ4v) is 2.77. The Morgan fingerprint density at radius 2 is 1.87 bits per heavy atom. The molecule has 1 aromatic carbocycles. The van der Waals surface area contributed by atoms with Crippen molar-refractivity contribution in [1.29, 1.82) is 0 Å². The summed E-state index contributed by atoms with van der Waals surface area (Å²) >= 11 is 0. The summed E-state index contributed by atoms with van der Waals surface area (Å²) in [5, 5.41) is 11.6. The first-order chi connectivity index (χ1) is 10.8. The minimum absolute atomic E-state index is 0.0194. The van der Waals surface area contributed by atoms with Crippen molar-refractivity contribution in [2.45, 2.75) is 44.8 Å². The molecule has 0 aliphatic rings. The third kappa shape index (κ3) is 7.99. The van der Waals surface area contributed by atoms with Crippen LogP contribution in [0.4, 0.5) is 5.69 Å². The van der Waals surface area contributed by atoms with Gasteiger partial charge in [0, 0.05) is 18.8 Å². The summed E-state index contributed by atoms with van der Waals surface area (Å²) < 4.78 is 25.7. The van der Waals surface area contributed by atoms with E-state index in [0.717, 1.165) is 37.1 Å². The van der Waals surface area contributed by atoms with E-state index in [9.17, 15) is 13.2 Å². The number of rotatable bonds is 11. The van der Waals surface area contributed by atoms with Gasteiger partial charge in [0.15, 0.2) is 0 Å². The molecule has 0 heterocycles. The van der Waals surface area contributed by atoms with E-state index in [1.54, 1.807) is 19.9 Å². The lowest BCUT2D eigenvalue weighted by atomic mass is 10.1. The number of carboxylic acids is 1. The molecule has 1 aromatic rings. The topological polar surface area (TPSA) is 95.5 Å². The molecule has 130 valence electrons. The average molecular weight is 342 g/mol. The first-order valence-electron chi connectivity index (χ1n) is 7.84. The number of hydrogen-bond acceptors (Lipinski definition) is 4. The van der Waals surface area contributed by atoms with Crippen LogP contribution in [0.2, 0.25) is 0 Å². The summed E-state index contributed by atoms with van der Waals surface area (Å²) in [5.74, 6) is -0.842. The van der Waals surface area contributed by atoms with E-state index in [0.29, 0.717) is 6.54 Å². The maximum absolute atomic E-state index is 11.5. The third-order valence-corrected chi connectivity index (χ3v) is 5.24. The molecule has 0 spiro atoms. The van der Waals surface area contributed by atoms with E-state index in [2.05, 4.69) is 10.0 Å². The van der Waals surface area contributed by atoms with E-state index in [1.165, 1.54) is 0 Å². The fourth-order valence-electron chi connectivity index (χ4n) is 2.01. The summed E-state index contributed by atoms with van der Waals surface area (Å²) in [6.07, 6.45) is 2.66. The highest BCUT2D eigenvalue weighted by Crippen LogP contribution is 2.11. The van der Waals surface area contributed by atoms with Gasteiger partial charge in [0.2, 0.25) is 10.0 Å². The molecule has 0 radical (unpaired) electrons. The van der Waals surface area contributed by atoms with Gasteiger partial charge in [0.05, 0.1) is 11.7 Å². The minimum Gasteiger partial charge on any atom is -0.481 e. The van der Waals surface area contributed by atoms with E-state index >= 15 is 0 Å². The van der Waals surface area contributed by atoms with Crippen LogP contribution in [-0.4, -0.2) is 37.8 Å². The summed E-state index contributed by atoms with van der Waals surface area (Å²) in [4.78, 5) is 10.7. The molecule has 0 unspecified atom stereocenters. The molecule has 7 heteroatoms. The van der Waals surface area contributed by atoms with Crippen molar-refractivity contribution in [2.75, 3.05) is 18.4 Å². The van der Waals surface area contributed by atoms with Gasteiger partial charge < -0.3 is 10.4 Å². The predicted molar refractivity (Wildman–Crippen MR) is 92.2 cm³/mol. The molecule has 23 heavy (non-hydrogen) atoms. The molecule has 0 amide bonds. The van der Waals surface area contributed by atoms with Gasteiger partial charge in [0.1, 0.15) is 0 Å². The van der Waals surface area contributed by atoms with Crippen LogP contribution in [0, 0.1) is 0 Å². The van der Waals surface area contributed by atoms with Crippen LogP contribution in [0.5, 0.6) is 0 Å². The predicted octanol–water partition coefficient (Wildman–Crippen LogP) is 2.22. The maximum atomic E-state index is 11.5. The second-order valence-electron chi connectivity index (χ2n) is 5.75. The Hall–Kier alpha value is -1.60. The monoisotopic (exact) mass is 342 g/mol. The van der Waals surface area contributed by atoms with E-state index in [1.807, 2.05) is 18.2 Å². The molecule has 6 nitrogen and oxygen atoms in total. The van der Waals surface area contributed by atoms with E-state index < -0.39 is 21.2 Å². The number of carboxylic acid groups (broad SMARTS) is 1. The number of sulfonamides is 1. The van der Waals surface area contributed by atoms with Crippen LogP contribution < -0.4 is 10.0 Å². The number of nitrogens with one attached hydrogen (secondary N) is 2. The molecule has 0 saturated carbocycles. The van der Waals surface area contributed by atoms with Gasteiger partial charge in [-0.25, -0.2) is 13.1 Å².